The van der Waals surface area contributed by atoms with Crippen LogP contribution in [0.15, 0.2) is 24.3 Å². The van der Waals surface area contributed by atoms with Crippen LogP contribution in [0.2, 0.25) is 0 Å². The Morgan fingerprint density at radius 2 is 1.95 bits per heavy atom. The molecule has 1 saturated heterocycles. The van der Waals surface area contributed by atoms with Crippen molar-refractivity contribution < 1.29 is 9.13 Å². The zero-order chi connectivity index (χ0) is 13.5. The van der Waals surface area contributed by atoms with Crippen molar-refractivity contribution in [3.05, 3.63) is 30.1 Å². The van der Waals surface area contributed by atoms with Gasteiger partial charge in [0.15, 0.2) is 0 Å². The first-order valence-electron chi connectivity index (χ1n) is 7.14. The van der Waals surface area contributed by atoms with Crippen LogP contribution in [0.25, 0.3) is 0 Å². The lowest BCUT2D eigenvalue weighted by Gasteiger charge is -2.31. The van der Waals surface area contributed by atoms with Crippen molar-refractivity contribution in [1.82, 2.24) is 10.4 Å². The van der Waals surface area contributed by atoms with E-state index in [9.17, 15) is 4.39 Å². The van der Waals surface area contributed by atoms with Crippen molar-refractivity contribution in [2.45, 2.75) is 26.2 Å². The number of hydrogen-bond acceptors (Lipinski definition) is 3. The molecule has 1 aliphatic heterocycles. The van der Waals surface area contributed by atoms with Crippen LogP contribution in [0.4, 0.5) is 4.39 Å². The molecule has 0 aliphatic carbocycles. The van der Waals surface area contributed by atoms with Crippen LogP contribution in [0.1, 0.15) is 26.2 Å². The summed E-state index contributed by atoms with van der Waals surface area (Å²) in [5, 5.41) is 2.30. The molecular formula is C15H23FN2O. The standard InChI is InChI=1S/C15H23FN2O/c1-2-17-18-10-7-13(8-11-18)9-12-19-15-5-3-14(16)4-6-15/h3-6,13,17H,2,7-12H2,1H3. The summed E-state index contributed by atoms with van der Waals surface area (Å²) in [7, 11) is 0. The molecule has 0 aromatic heterocycles. The number of hydrazine groups is 1. The molecule has 1 heterocycles. The molecule has 2 rings (SSSR count). The van der Waals surface area contributed by atoms with Crippen LogP contribution in [-0.4, -0.2) is 31.3 Å². The van der Waals surface area contributed by atoms with Gasteiger partial charge in [0.2, 0.25) is 0 Å². The third-order valence-corrected chi connectivity index (χ3v) is 3.60. The zero-order valence-electron chi connectivity index (χ0n) is 11.6. The van der Waals surface area contributed by atoms with Crippen LogP contribution < -0.4 is 10.2 Å². The molecule has 0 amide bonds. The molecule has 0 bridgehead atoms. The molecule has 3 nitrogen and oxygen atoms in total. The molecule has 0 atom stereocenters. The summed E-state index contributed by atoms with van der Waals surface area (Å²) in [5.41, 5.74) is 3.36. The molecule has 0 spiro atoms. The van der Waals surface area contributed by atoms with E-state index in [-0.39, 0.29) is 5.82 Å². The van der Waals surface area contributed by atoms with Crippen LogP contribution >= 0.6 is 0 Å². The average Bonchev–Trinajstić information content (AvgIpc) is 2.43. The molecule has 19 heavy (non-hydrogen) atoms. The Labute approximate surface area is 114 Å². The monoisotopic (exact) mass is 266 g/mol. The summed E-state index contributed by atoms with van der Waals surface area (Å²) in [5.74, 6) is 1.28. The van der Waals surface area contributed by atoms with Gasteiger partial charge in [-0.05, 0) is 49.4 Å². The summed E-state index contributed by atoms with van der Waals surface area (Å²) in [6.45, 7) is 6.09. The first kappa shape index (κ1) is 14.3. The Bertz CT molecular complexity index is 361. The zero-order valence-corrected chi connectivity index (χ0v) is 11.6. The lowest BCUT2D eigenvalue weighted by molar-refractivity contribution is 0.116. The van der Waals surface area contributed by atoms with Gasteiger partial charge in [0, 0.05) is 19.6 Å². The molecule has 1 aliphatic rings. The van der Waals surface area contributed by atoms with Crippen LogP contribution in [0.5, 0.6) is 5.75 Å². The van der Waals surface area contributed by atoms with Crippen molar-refractivity contribution in [2.75, 3.05) is 26.2 Å². The van der Waals surface area contributed by atoms with Gasteiger partial charge in [-0.25, -0.2) is 9.40 Å². The second-order valence-corrected chi connectivity index (χ2v) is 5.03. The van der Waals surface area contributed by atoms with E-state index in [1.54, 1.807) is 12.1 Å². The van der Waals surface area contributed by atoms with E-state index in [0.717, 1.165) is 44.3 Å². The van der Waals surface area contributed by atoms with E-state index in [0.29, 0.717) is 0 Å². The molecule has 1 fully saturated rings. The van der Waals surface area contributed by atoms with Gasteiger partial charge < -0.3 is 4.74 Å². The third kappa shape index (κ3) is 4.80. The number of ether oxygens (including phenoxy) is 1. The van der Waals surface area contributed by atoms with Gasteiger partial charge >= 0.3 is 0 Å². The first-order valence-corrected chi connectivity index (χ1v) is 7.14. The fourth-order valence-electron chi connectivity index (χ4n) is 2.48. The molecule has 0 saturated carbocycles. The minimum atomic E-state index is -0.219. The lowest BCUT2D eigenvalue weighted by atomic mass is 9.95. The SMILES string of the molecule is CCNN1CCC(CCOc2ccc(F)cc2)CC1. The highest BCUT2D eigenvalue weighted by atomic mass is 19.1. The van der Waals surface area contributed by atoms with E-state index in [1.807, 2.05) is 0 Å². The Morgan fingerprint density at radius 3 is 2.58 bits per heavy atom. The number of benzene rings is 1. The van der Waals surface area contributed by atoms with Crippen molar-refractivity contribution in [3.8, 4) is 5.75 Å². The summed E-state index contributed by atoms with van der Waals surface area (Å²) in [6, 6.07) is 6.24. The Balaban J connectivity index is 1.63. The predicted octanol–water partition coefficient (Wildman–Crippen LogP) is 2.83. The highest BCUT2D eigenvalue weighted by Crippen LogP contribution is 2.20. The Hall–Kier alpha value is -1.13. The molecule has 4 heteroatoms. The number of nitrogens with zero attached hydrogens (tertiary/aromatic N) is 1. The number of halogens is 1. The molecule has 0 radical (unpaired) electrons. The fraction of sp³-hybridized carbons (Fsp3) is 0.600. The predicted molar refractivity (Wildman–Crippen MR) is 74.5 cm³/mol. The van der Waals surface area contributed by atoms with Gasteiger partial charge in [-0.2, -0.15) is 0 Å². The number of piperidine rings is 1. The van der Waals surface area contributed by atoms with Crippen molar-refractivity contribution in [1.29, 1.82) is 0 Å². The molecule has 0 unspecified atom stereocenters. The van der Waals surface area contributed by atoms with Crippen LogP contribution in [0.3, 0.4) is 0 Å². The lowest BCUT2D eigenvalue weighted by Crippen LogP contribution is -2.43. The molecule has 1 N–H and O–H groups in total. The van der Waals surface area contributed by atoms with Crippen LogP contribution in [-0.2, 0) is 0 Å². The maximum atomic E-state index is 12.7. The van der Waals surface area contributed by atoms with Crippen molar-refractivity contribution in [3.63, 3.8) is 0 Å². The van der Waals surface area contributed by atoms with E-state index in [1.165, 1.54) is 25.0 Å². The minimum absolute atomic E-state index is 0.219. The van der Waals surface area contributed by atoms with Crippen molar-refractivity contribution >= 4 is 0 Å². The summed E-state index contributed by atoms with van der Waals surface area (Å²) >= 11 is 0. The minimum Gasteiger partial charge on any atom is -0.494 e. The van der Waals surface area contributed by atoms with Gasteiger partial charge in [0.05, 0.1) is 6.61 Å². The van der Waals surface area contributed by atoms with Crippen LogP contribution in [0, 0.1) is 11.7 Å². The number of nitrogens with one attached hydrogen (secondary N) is 1. The first-order chi connectivity index (χ1) is 9.28. The van der Waals surface area contributed by atoms with Gasteiger partial charge in [-0.3, -0.25) is 5.43 Å². The number of rotatable bonds is 6. The average molecular weight is 266 g/mol. The number of hydrogen-bond donors (Lipinski definition) is 1. The van der Waals surface area contributed by atoms with E-state index >= 15 is 0 Å². The molecule has 1 aromatic carbocycles. The maximum absolute atomic E-state index is 12.7. The Kier molecular flexibility index (Phi) is 5.61. The van der Waals surface area contributed by atoms with E-state index < -0.39 is 0 Å². The summed E-state index contributed by atoms with van der Waals surface area (Å²) in [6.07, 6.45) is 3.52. The van der Waals surface area contributed by atoms with Crippen molar-refractivity contribution in [2.24, 2.45) is 5.92 Å². The van der Waals surface area contributed by atoms with E-state index in [2.05, 4.69) is 17.4 Å². The van der Waals surface area contributed by atoms with E-state index in [4.69, 9.17) is 4.74 Å². The fourth-order valence-corrected chi connectivity index (χ4v) is 2.48. The van der Waals surface area contributed by atoms with Gasteiger partial charge in [0.1, 0.15) is 11.6 Å². The molecule has 1 aromatic rings. The van der Waals surface area contributed by atoms with Gasteiger partial charge in [-0.15, -0.1) is 0 Å². The van der Waals surface area contributed by atoms with Gasteiger partial charge in [0.25, 0.3) is 0 Å². The highest BCUT2D eigenvalue weighted by Gasteiger charge is 2.18. The topological polar surface area (TPSA) is 24.5 Å². The second kappa shape index (κ2) is 7.46. The summed E-state index contributed by atoms with van der Waals surface area (Å²) in [4.78, 5) is 0. The molecule has 106 valence electrons. The normalized spacial score (nSPS) is 17.6. The molecular weight excluding hydrogens is 243 g/mol. The summed E-state index contributed by atoms with van der Waals surface area (Å²) < 4.78 is 18.4. The largest absolute Gasteiger partial charge is 0.494 e. The van der Waals surface area contributed by atoms with Gasteiger partial charge in [-0.1, -0.05) is 6.92 Å². The maximum Gasteiger partial charge on any atom is 0.123 e. The smallest absolute Gasteiger partial charge is 0.123 e. The Morgan fingerprint density at radius 1 is 1.26 bits per heavy atom. The third-order valence-electron chi connectivity index (χ3n) is 3.60. The quantitative estimate of drug-likeness (QED) is 0.857. The highest BCUT2D eigenvalue weighted by molar-refractivity contribution is 5.21. The second-order valence-electron chi connectivity index (χ2n) is 5.03.